The summed E-state index contributed by atoms with van der Waals surface area (Å²) in [7, 11) is 0. The molecule has 6 heteroatoms. The number of carbonyl (C=O) groups is 2. The molecule has 2 rings (SSSR count). The molecule has 6 nitrogen and oxygen atoms in total. The van der Waals surface area contributed by atoms with E-state index in [-0.39, 0.29) is 18.4 Å². The minimum absolute atomic E-state index is 0.142. The van der Waals surface area contributed by atoms with Crippen molar-refractivity contribution in [2.24, 2.45) is 0 Å². The van der Waals surface area contributed by atoms with Gasteiger partial charge >= 0.3 is 0 Å². The maximum atomic E-state index is 12.3. The van der Waals surface area contributed by atoms with E-state index >= 15 is 0 Å². The summed E-state index contributed by atoms with van der Waals surface area (Å²) < 4.78 is 5.42. The molecule has 140 valence electrons. The zero-order valence-corrected chi connectivity index (χ0v) is 15.2. The molecule has 0 saturated heterocycles. The summed E-state index contributed by atoms with van der Waals surface area (Å²) >= 11 is 0. The molecule has 2 aromatic rings. The highest BCUT2D eigenvalue weighted by molar-refractivity contribution is 6.02. The van der Waals surface area contributed by atoms with Crippen molar-refractivity contribution in [1.29, 1.82) is 0 Å². The lowest BCUT2D eigenvalue weighted by atomic mass is 10.1. The predicted octanol–water partition coefficient (Wildman–Crippen LogP) is 0.665. The van der Waals surface area contributed by atoms with Gasteiger partial charge in [-0.15, -0.1) is 0 Å². The summed E-state index contributed by atoms with van der Waals surface area (Å²) in [5.74, 6) is -1.58. The van der Waals surface area contributed by atoms with Gasteiger partial charge < -0.3 is 25.3 Å². The fraction of sp³-hybridized carbons (Fsp3) is 0.400. The summed E-state index contributed by atoms with van der Waals surface area (Å²) in [5.41, 5.74) is 0.676. The van der Waals surface area contributed by atoms with E-state index < -0.39 is 12.0 Å². The van der Waals surface area contributed by atoms with Gasteiger partial charge in [0.25, 0.3) is 0 Å². The van der Waals surface area contributed by atoms with Crippen molar-refractivity contribution in [3.8, 4) is 0 Å². The third kappa shape index (κ3) is 6.13. The van der Waals surface area contributed by atoms with Gasteiger partial charge in [-0.1, -0.05) is 36.4 Å². The quantitative estimate of drug-likeness (QED) is 0.610. The first kappa shape index (κ1) is 19.9. The van der Waals surface area contributed by atoms with Crippen LogP contribution in [0, 0.1) is 0 Å². The molecule has 2 aromatic carbocycles. The third-order valence-electron chi connectivity index (χ3n) is 4.02. The molecule has 0 aliphatic rings. The van der Waals surface area contributed by atoms with Gasteiger partial charge in [0.15, 0.2) is 0 Å². The van der Waals surface area contributed by atoms with Crippen molar-refractivity contribution in [1.82, 2.24) is 0 Å². The maximum absolute atomic E-state index is 12.3. The van der Waals surface area contributed by atoms with Gasteiger partial charge in [-0.2, -0.15) is 0 Å². The van der Waals surface area contributed by atoms with Crippen molar-refractivity contribution in [2.45, 2.75) is 38.8 Å². The molecule has 0 bridgehead atoms. The van der Waals surface area contributed by atoms with Crippen LogP contribution in [0.5, 0.6) is 0 Å². The van der Waals surface area contributed by atoms with Crippen LogP contribution >= 0.6 is 0 Å². The molecule has 26 heavy (non-hydrogen) atoms. The summed E-state index contributed by atoms with van der Waals surface area (Å²) in [4.78, 5) is 23.6. The molecule has 0 radical (unpaired) electrons. The second-order valence-electron chi connectivity index (χ2n) is 6.50. The molecular formula is C20H26N2O4. The number of anilines is 1. The third-order valence-corrected chi connectivity index (χ3v) is 4.02. The number of hydrogen-bond donors (Lipinski definition) is 2. The van der Waals surface area contributed by atoms with Crippen molar-refractivity contribution < 1.29 is 24.7 Å². The van der Waals surface area contributed by atoms with Gasteiger partial charge in [0.2, 0.25) is 5.91 Å². The average Bonchev–Trinajstić information content (AvgIpc) is 2.60. The zero-order valence-electron chi connectivity index (χ0n) is 15.2. The lowest BCUT2D eigenvalue weighted by Gasteiger charge is -2.17. The topological polar surface area (TPSA) is 95.1 Å². The normalized spacial score (nSPS) is 12.3. The predicted molar refractivity (Wildman–Crippen MR) is 98.5 cm³/mol. The van der Waals surface area contributed by atoms with Gasteiger partial charge in [0, 0.05) is 17.5 Å². The molecule has 0 aromatic heterocycles. The SMILES string of the molecule is CC(C)OCCC[NH2+][C@H](CC(=O)Nc1cccc2ccccc12)C(=O)[O-]. The number of carbonyl (C=O) groups excluding carboxylic acids is 2. The molecular weight excluding hydrogens is 332 g/mol. The molecule has 0 unspecified atom stereocenters. The van der Waals surface area contributed by atoms with Gasteiger partial charge in [0.05, 0.1) is 31.6 Å². The Balaban J connectivity index is 1.90. The first-order valence-electron chi connectivity index (χ1n) is 8.90. The number of fused-ring (bicyclic) bond motifs is 1. The van der Waals surface area contributed by atoms with Crippen LogP contribution in [-0.4, -0.2) is 37.2 Å². The van der Waals surface area contributed by atoms with Gasteiger partial charge in [-0.25, -0.2) is 0 Å². The molecule has 0 aliphatic heterocycles. The minimum Gasteiger partial charge on any atom is -0.544 e. The summed E-state index contributed by atoms with van der Waals surface area (Å²) in [6, 6.07) is 12.4. The first-order valence-corrected chi connectivity index (χ1v) is 8.90. The molecule has 1 amide bonds. The van der Waals surface area contributed by atoms with Crippen LogP contribution in [-0.2, 0) is 14.3 Å². The number of carboxylic acid groups (broad SMARTS) is 1. The van der Waals surface area contributed by atoms with E-state index in [4.69, 9.17) is 4.74 Å². The van der Waals surface area contributed by atoms with Gasteiger partial charge in [-0.05, 0) is 25.3 Å². The van der Waals surface area contributed by atoms with E-state index in [1.807, 2.05) is 50.2 Å². The molecule has 0 heterocycles. The fourth-order valence-corrected chi connectivity index (χ4v) is 2.72. The second-order valence-corrected chi connectivity index (χ2v) is 6.50. The van der Waals surface area contributed by atoms with Crippen LogP contribution in [0.4, 0.5) is 5.69 Å². The zero-order chi connectivity index (χ0) is 18.9. The molecule has 1 atom stereocenters. The number of ether oxygens (including phenoxy) is 1. The van der Waals surface area contributed by atoms with Crippen LogP contribution in [0.1, 0.15) is 26.7 Å². The number of nitrogens with one attached hydrogen (secondary N) is 1. The van der Waals surface area contributed by atoms with Crippen LogP contribution < -0.4 is 15.7 Å². The van der Waals surface area contributed by atoms with Crippen molar-refractivity contribution >= 4 is 28.3 Å². The van der Waals surface area contributed by atoms with Crippen LogP contribution in [0.3, 0.4) is 0 Å². The van der Waals surface area contributed by atoms with E-state index in [2.05, 4.69) is 5.32 Å². The summed E-state index contributed by atoms with van der Waals surface area (Å²) in [5, 5.41) is 17.7. The Morgan fingerprint density at radius 3 is 2.62 bits per heavy atom. The van der Waals surface area contributed by atoms with Crippen LogP contribution in [0.15, 0.2) is 42.5 Å². The lowest BCUT2D eigenvalue weighted by Crippen LogP contribution is -2.93. The first-order chi connectivity index (χ1) is 12.5. The minimum atomic E-state index is -1.23. The number of amides is 1. The number of quaternary nitrogens is 1. The Morgan fingerprint density at radius 2 is 1.88 bits per heavy atom. The van der Waals surface area contributed by atoms with E-state index in [1.54, 1.807) is 11.4 Å². The second kappa shape index (κ2) is 9.89. The van der Waals surface area contributed by atoms with Gasteiger partial charge in [-0.3, -0.25) is 4.79 Å². The Morgan fingerprint density at radius 1 is 1.15 bits per heavy atom. The van der Waals surface area contributed by atoms with E-state index in [9.17, 15) is 14.7 Å². The number of benzene rings is 2. The standard InChI is InChI=1S/C20H26N2O4/c1-14(2)26-12-6-11-21-18(20(24)25)13-19(23)22-17-10-5-8-15-7-3-4-9-16(15)17/h3-5,7-10,14,18,21H,6,11-13H2,1-2H3,(H,22,23)(H,24,25)/t18-/m1/s1. The number of nitrogens with two attached hydrogens (primary N) is 1. The number of hydrogen-bond acceptors (Lipinski definition) is 4. The number of carboxylic acids is 1. The van der Waals surface area contributed by atoms with Crippen molar-refractivity contribution in [3.63, 3.8) is 0 Å². The van der Waals surface area contributed by atoms with E-state index in [0.717, 1.165) is 10.8 Å². The molecule has 0 spiro atoms. The van der Waals surface area contributed by atoms with E-state index in [1.165, 1.54) is 0 Å². The summed E-state index contributed by atoms with van der Waals surface area (Å²) in [6.45, 7) is 5.03. The van der Waals surface area contributed by atoms with Crippen LogP contribution in [0.2, 0.25) is 0 Å². The lowest BCUT2D eigenvalue weighted by molar-refractivity contribution is -0.682. The highest BCUT2D eigenvalue weighted by Gasteiger charge is 2.18. The molecule has 0 aliphatic carbocycles. The van der Waals surface area contributed by atoms with Crippen molar-refractivity contribution in [3.05, 3.63) is 42.5 Å². The molecule has 0 fully saturated rings. The van der Waals surface area contributed by atoms with Crippen LogP contribution in [0.25, 0.3) is 10.8 Å². The summed E-state index contributed by atoms with van der Waals surface area (Å²) in [6.07, 6.45) is 0.724. The molecule has 0 saturated carbocycles. The highest BCUT2D eigenvalue weighted by Crippen LogP contribution is 2.22. The largest absolute Gasteiger partial charge is 0.544 e. The monoisotopic (exact) mass is 358 g/mol. The average molecular weight is 358 g/mol. The number of aliphatic carboxylic acids is 1. The van der Waals surface area contributed by atoms with Gasteiger partial charge in [0.1, 0.15) is 6.04 Å². The smallest absolute Gasteiger partial charge is 0.230 e. The Bertz CT molecular complexity index is 740. The Labute approximate surface area is 153 Å². The molecule has 3 N–H and O–H groups in total. The van der Waals surface area contributed by atoms with Crippen molar-refractivity contribution in [2.75, 3.05) is 18.5 Å². The van der Waals surface area contributed by atoms with E-state index in [0.29, 0.717) is 25.3 Å². The Hall–Kier alpha value is -2.44. The highest BCUT2D eigenvalue weighted by atomic mass is 16.5. The fourth-order valence-electron chi connectivity index (χ4n) is 2.72. The Kier molecular flexibility index (Phi) is 7.56. The number of rotatable bonds is 10. The maximum Gasteiger partial charge on any atom is 0.230 e.